The SMILES string of the molecule is CN1CCC[C@@H]1CCN1CCN(Cc2nc3ccccc3[nH]2)CC1. The van der Waals surface area contributed by atoms with Gasteiger partial charge in [0.2, 0.25) is 0 Å². The second-order valence-corrected chi connectivity index (χ2v) is 7.38. The fraction of sp³-hybridized carbons (Fsp3) is 0.632. The van der Waals surface area contributed by atoms with Gasteiger partial charge in [0, 0.05) is 32.2 Å². The van der Waals surface area contributed by atoms with Crippen LogP contribution in [0.5, 0.6) is 0 Å². The van der Waals surface area contributed by atoms with Gasteiger partial charge in [0.05, 0.1) is 17.6 Å². The molecule has 3 heterocycles. The molecular formula is C19H29N5. The Morgan fingerprint density at radius 2 is 1.88 bits per heavy atom. The lowest BCUT2D eigenvalue weighted by atomic mass is 10.1. The van der Waals surface area contributed by atoms with Gasteiger partial charge in [-0.15, -0.1) is 0 Å². The van der Waals surface area contributed by atoms with Gasteiger partial charge in [-0.2, -0.15) is 0 Å². The summed E-state index contributed by atoms with van der Waals surface area (Å²) in [4.78, 5) is 15.9. The minimum Gasteiger partial charge on any atom is -0.341 e. The zero-order valence-corrected chi connectivity index (χ0v) is 14.7. The van der Waals surface area contributed by atoms with Gasteiger partial charge in [-0.1, -0.05) is 12.1 Å². The highest BCUT2D eigenvalue weighted by Crippen LogP contribution is 2.19. The minimum absolute atomic E-state index is 0.818. The number of hydrogen-bond donors (Lipinski definition) is 1. The normalized spacial score (nSPS) is 24.1. The second kappa shape index (κ2) is 7.21. The molecule has 5 nitrogen and oxygen atoms in total. The maximum Gasteiger partial charge on any atom is 0.121 e. The summed E-state index contributed by atoms with van der Waals surface area (Å²) < 4.78 is 0. The standard InChI is InChI=1S/C19H29N5/c1-22-9-4-5-16(22)8-10-23-11-13-24(14-12-23)15-19-20-17-6-2-3-7-18(17)21-19/h2-3,6-7,16H,4-5,8-15H2,1H3,(H,20,21)/t16-/m1/s1. The molecule has 2 fully saturated rings. The molecule has 1 atom stereocenters. The van der Waals surface area contributed by atoms with E-state index >= 15 is 0 Å². The fourth-order valence-corrected chi connectivity index (χ4v) is 4.14. The molecule has 5 heteroatoms. The van der Waals surface area contributed by atoms with E-state index in [0.717, 1.165) is 42.5 Å². The number of nitrogens with zero attached hydrogens (tertiary/aromatic N) is 4. The Bertz CT molecular complexity index is 626. The molecule has 1 N–H and O–H groups in total. The highest BCUT2D eigenvalue weighted by molar-refractivity contribution is 5.74. The Morgan fingerprint density at radius 1 is 1.08 bits per heavy atom. The van der Waals surface area contributed by atoms with E-state index < -0.39 is 0 Å². The number of rotatable bonds is 5. The van der Waals surface area contributed by atoms with Gasteiger partial charge in [0.15, 0.2) is 0 Å². The predicted molar refractivity (Wildman–Crippen MR) is 98.1 cm³/mol. The van der Waals surface area contributed by atoms with E-state index in [-0.39, 0.29) is 0 Å². The molecule has 0 amide bonds. The van der Waals surface area contributed by atoms with Gasteiger partial charge in [-0.05, 0) is 51.5 Å². The molecule has 24 heavy (non-hydrogen) atoms. The van der Waals surface area contributed by atoms with Crippen LogP contribution in [0.3, 0.4) is 0 Å². The average molecular weight is 327 g/mol. The number of fused-ring (bicyclic) bond motifs is 1. The summed E-state index contributed by atoms with van der Waals surface area (Å²) in [5.74, 6) is 1.09. The van der Waals surface area contributed by atoms with Crippen LogP contribution in [0.2, 0.25) is 0 Å². The molecule has 1 aromatic heterocycles. The Kier molecular flexibility index (Phi) is 4.83. The van der Waals surface area contributed by atoms with Gasteiger partial charge >= 0.3 is 0 Å². The van der Waals surface area contributed by atoms with Crippen molar-refractivity contribution < 1.29 is 0 Å². The Hall–Kier alpha value is -1.43. The van der Waals surface area contributed by atoms with Crippen LogP contribution < -0.4 is 0 Å². The van der Waals surface area contributed by atoms with Gasteiger partial charge in [-0.25, -0.2) is 4.98 Å². The van der Waals surface area contributed by atoms with E-state index in [1.807, 2.05) is 6.07 Å². The number of benzene rings is 1. The first kappa shape index (κ1) is 16.1. The maximum atomic E-state index is 4.71. The van der Waals surface area contributed by atoms with Gasteiger partial charge < -0.3 is 14.8 Å². The van der Waals surface area contributed by atoms with Crippen molar-refractivity contribution in [3.05, 3.63) is 30.1 Å². The molecule has 0 saturated carbocycles. The first-order chi connectivity index (χ1) is 11.8. The van der Waals surface area contributed by atoms with Crippen LogP contribution >= 0.6 is 0 Å². The number of hydrogen-bond acceptors (Lipinski definition) is 4. The molecule has 0 spiro atoms. The van der Waals surface area contributed by atoms with Crippen molar-refractivity contribution in [2.24, 2.45) is 0 Å². The predicted octanol–water partition coefficient (Wildman–Crippen LogP) is 2.16. The third-order valence-corrected chi connectivity index (χ3v) is 5.73. The summed E-state index contributed by atoms with van der Waals surface area (Å²) in [7, 11) is 2.28. The monoisotopic (exact) mass is 327 g/mol. The fourth-order valence-electron chi connectivity index (χ4n) is 4.14. The summed E-state index contributed by atoms with van der Waals surface area (Å²) >= 11 is 0. The van der Waals surface area contributed by atoms with E-state index in [0.29, 0.717) is 0 Å². The Balaban J connectivity index is 1.24. The molecule has 0 unspecified atom stereocenters. The molecule has 1 aromatic carbocycles. The van der Waals surface area contributed by atoms with Crippen LogP contribution in [0.25, 0.3) is 11.0 Å². The lowest BCUT2D eigenvalue weighted by Gasteiger charge is -2.35. The van der Waals surface area contributed by atoms with Crippen molar-refractivity contribution in [1.29, 1.82) is 0 Å². The zero-order valence-electron chi connectivity index (χ0n) is 14.7. The third-order valence-electron chi connectivity index (χ3n) is 5.73. The van der Waals surface area contributed by atoms with Crippen LogP contribution in [0.15, 0.2) is 24.3 Å². The largest absolute Gasteiger partial charge is 0.341 e. The number of H-pyrrole nitrogens is 1. The van der Waals surface area contributed by atoms with Gasteiger partial charge in [-0.3, -0.25) is 4.90 Å². The van der Waals surface area contributed by atoms with Crippen LogP contribution in [-0.4, -0.2) is 77.0 Å². The highest BCUT2D eigenvalue weighted by Gasteiger charge is 2.23. The van der Waals surface area contributed by atoms with Crippen LogP contribution in [-0.2, 0) is 6.54 Å². The number of aromatic nitrogens is 2. The quantitative estimate of drug-likeness (QED) is 0.913. The second-order valence-electron chi connectivity index (χ2n) is 7.38. The number of aromatic amines is 1. The van der Waals surface area contributed by atoms with Crippen molar-refractivity contribution in [2.75, 3.05) is 46.3 Å². The lowest BCUT2D eigenvalue weighted by Crippen LogP contribution is -2.47. The van der Waals surface area contributed by atoms with Crippen LogP contribution in [0.1, 0.15) is 25.1 Å². The molecule has 0 radical (unpaired) electrons. The summed E-state index contributed by atoms with van der Waals surface area (Å²) in [6.07, 6.45) is 4.11. The third kappa shape index (κ3) is 3.63. The lowest BCUT2D eigenvalue weighted by molar-refractivity contribution is 0.117. The Labute approximate surface area is 144 Å². The van der Waals surface area contributed by atoms with E-state index in [1.54, 1.807) is 0 Å². The topological polar surface area (TPSA) is 38.4 Å². The van der Waals surface area contributed by atoms with Crippen molar-refractivity contribution in [2.45, 2.75) is 31.8 Å². The molecule has 0 bridgehead atoms. The molecule has 130 valence electrons. The van der Waals surface area contributed by atoms with Crippen LogP contribution in [0, 0.1) is 0 Å². The van der Waals surface area contributed by atoms with E-state index in [4.69, 9.17) is 4.98 Å². The van der Waals surface area contributed by atoms with Crippen molar-refractivity contribution >= 4 is 11.0 Å². The molecule has 4 rings (SSSR count). The van der Waals surface area contributed by atoms with Crippen LogP contribution in [0.4, 0.5) is 0 Å². The number of imidazole rings is 1. The summed E-state index contributed by atoms with van der Waals surface area (Å²) in [5.41, 5.74) is 2.22. The van der Waals surface area contributed by atoms with Crippen molar-refractivity contribution in [3.8, 4) is 0 Å². The first-order valence-corrected chi connectivity index (χ1v) is 9.36. The molecule has 2 aliphatic rings. The van der Waals surface area contributed by atoms with E-state index in [2.05, 4.69) is 44.9 Å². The number of para-hydroxylation sites is 2. The molecule has 2 saturated heterocycles. The molecule has 2 aliphatic heterocycles. The zero-order chi connectivity index (χ0) is 16.4. The van der Waals surface area contributed by atoms with Gasteiger partial charge in [0.25, 0.3) is 0 Å². The molecule has 2 aromatic rings. The smallest absolute Gasteiger partial charge is 0.121 e. The molecule has 0 aliphatic carbocycles. The maximum absolute atomic E-state index is 4.71. The highest BCUT2D eigenvalue weighted by atomic mass is 15.3. The average Bonchev–Trinajstić information content (AvgIpc) is 3.19. The van der Waals surface area contributed by atoms with Crippen molar-refractivity contribution in [3.63, 3.8) is 0 Å². The number of likely N-dealkylation sites (tertiary alicyclic amines) is 1. The number of piperazine rings is 1. The molecular weight excluding hydrogens is 298 g/mol. The number of nitrogens with one attached hydrogen (secondary N) is 1. The first-order valence-electron chi connectivity index (χ1n) is 9.36. The summed E-state index contributed by atoms with van der Waals surface area (Å²) in [5, 5.41) is 0. The minimum atomic E-state index is 0.818. The summed E-state index contributed by atoms with van der Waals surface area (Å²) in [6, 6.07) is 9.11. The van der Waals surface area contributed by atoms with Crippen molar-refractivity contribution in [1.82, 2.24) is 24.7 Å². The van der Waals surface area contributed by atoms with Gasteiger partial charge in [0.1, 0.15) is 5.82 Å². The van der Waals surface area contributed by atoms with E-state index in [1.165, 1.54) is 45.4 Å². The summed E-state index contributed by atoms with van der Waals surface area (Å²) in [6.45, 7) is 8.17. The van der Waals surface area contributed by atoms with E-state index in [9.17, 15) is 0 Å². The Morgan fingerprint density at radius 3 is 2.62 bits per heavy atom.